The summed E-state index contributed by atoms with van der Waals surface area (Å²) in [5.41, 5.74) is 1.27. The summed E-state index contributed by atoms with van der Waals surface area (Å²) in [5.74, 6) is 0. The van der Waals surface area contributed by atoms with E-state index in [1.165, 1.54) is 16.5 Å². The van der Waals surface area contributed by atoms with Crippen LogP contribution in [0.2, 0.25) is 0 Å². The number of rotatable bonds is 0. The van der Waals surface area contributed by atoms with Crippen LogP contribution in [-0.2, 0) is 0 Å². The van der Waals surface area contributed by atoms with Crippen molar-refractivity contribution in [3.05, 3.63) is 30.4 Å². The van der Waals surface area contributed by atoms with Gasteiger partial charge in [0.2, 0.25) is 0 Å². The molecule has 0 saturated carbocycles. The van der Waals surface area contributed by atoms with E-state index in [2.05, 4.69) is 28.0 Å². The van der Waals surface area contributed by atoms with Crippen molar-refractivity contribution in [2.75, 3.05) is 0 Å². The first kappa shape index (κ1) is 5.13. The molecule has 1 aliphatic heterocycles. The van der Waals surface area contributed by atoms with Crippen molar-refractivity contribution >= 4 is 23.0 Å². The summed E-state index contributed by atoms with van der Waals surface area (Å²) in [6.07, 6.45) is 10.00. The highest BCUT2D eigenvalue weighted by Gasteiger charge is 2.09. The summed E-state index contributed by atoms with van der Waals surface area (Å²) in [5, 5.41) is 2.51. The molecular formula is C9H6N2. The minimum Gasteiger partial charge on any atom is -0.322 e. The van der Waals surface area contributed by atoms with Crippen LogP contribution in [0.15, 0.2) is 24.7 Å². The molecule has 2 aromatic rings. The molecule has 2 aromatic heterocycles. The first-order valence-electron chi connectivity index (χ1n) is 3.58. The minimum atomic E-state index is 1.25. The van der Waals surface area contributed by atoms with Gasteiger partial charge in [0.1, 0.15) is 0 Å². The van der Waals surface area contributed by atoms with E-state index in [-0.39, 0.29) is 0 Å². The summed E-state index contributed by atoms with van der Waals surface area (Å²) < 4.78 is 2.12. The van der Waals surface area contributed by atoms with Gasteiger partial charge in [0.05, 0.1) is 5.69 Å². The van der Waals surface area contributed by atoms with Crippen molar-refractivity contribution in [2.24, 2.45) is 0 Å². The van der Waals surface area contributed by atoms with Crippen LogP contribution in [0.3, 0.4) is 0 Å². The van der Waals surface area contributed by atoms with Crippen LogP contribution in [0, 0.1) is 0 Å². The number of pyridine rings is 1. The molecule has 0 unspecified atom stereocenters. The molecule has 2 nitrogen and oxygen atoms in total. The van der Waals surface area contributed by atoms with Crippen LogP contribution in [0.5, 0.6) is 0 Å². The smallest absolute Gasteiger partial charge is 0.0558 e. The average molecular weight is 142 g/mol. The van der Waals surface area contributed by atoms with Crippen molar-refractivity contribution < 1.29 is 0 Å². The lowest BCUT2D eigenvalue weighted by Gasteiger charge is -2.06. The van der Waals surface area contributed by atoms with Crippen molar-refractivity contribution in [3.8, 4) is 0 Å². The molecule has 0 saturated heterocycles. The second kappa shape index (κ2) is 1.53. The Kier molecular flexibility index (Phi) is 0.714. The van der Waals surface area contributed by atoms with Crippen LogP contribution >= 0.6 is 0 Å². The normalized spacial score (nSPS) is 13.1. The molecule has 0 bridgehead atoms. The number of hydrogen-bond donors (Lipinski definition) is 0. The van der Waals surface area contributed by atoms with Crippen LogP contribution in [-0.4, -0.2) is 9.55 Å². The van der Waals surface area contributed by atoms with E-state index in [0.717, 1.165) is 0 Å². The quantitative estimate of drug-likeness (QED) is 0.469. The fraction of sp³-hybridized carbons (Fsp3) is 0. The lowest BCUT2D eigenvalue weighted by molar-refractivity contribution is 1.12. The molecular weight excluding hydrogens is 136 g/mol. The van der Waals surface area contributed by atoms with E-state index >= 15 is 0 Å². The molecule has 3 heterocycles. The van der Waals surface area contributed by atoms with E-state index in [4.69, 9.17) is 0 Å². The summed E-state index contributed by atoms with van der Waals surface area (Å²) >= 11 is 0. The maximum Gasteiger partial charge on any atom is 0.0558 e. The van der Waals surface area contributed by atoms with Crippen LogP contribution < -0.4 is 0 Å². The number of nitrogens with zero attached hydrogens (tertiary/aromatic N) is 2. The molecule has 1 aliphatic rings. The Hall–Kier alpha value is -1.57. The fourth-order valence-electron chi connectivity index (χ4n) is 1.46. The molecule has 3 rings (SSSR count). The number of hydrogen-bond acceptors (Lipinski definition) is 1. The Morgan fingerprint density at radius 1 is 1.36 bits per heavy atom. The van der Waals surface area contributed by atoms with E-state index in [1.54, 1.807) is 0 Å². The number of fused-ring (bicyclic) bond motifs is 3. The van der Waals surface area contributed by atoms with Gasteiger partial charge in [-0.25, -0.2) is 0 Å². The molecule has 0 radical (unpaired) electrons. The minimum absolute atomic E-state index is 1.25. The molecule has 0 atom stereocenters. The van der Waals surface area contributed by atoms with Gasteiger partial charge in [-0.1, -0.05) is 0 Å². The monoisotopic (exact) mass is 142 g/mol. The van der Waals surface area contributed by atoms with Gasteiger partial charge in [-0.3, -0.25) is 4.98 Å². The SMILES string of the molecule is C1=Cn2cc3ccncc3c21. The van der Waals surface area contributed by atoms with E-state index in [1.807, 2.05) is 18.5 Å². The third kappa shape index (κ3) is 0.499. The third-order valence-corrected chi connectivity index (χ3v) is 2.08. The van der Waals surface area contributed by atoms with Crippen LogP contribution in [0.4, 0.5) is 0 Å². The highest BCUT2D eigenvalue weighted by atomic mass is 15.0. The molecule has 11 heavy (non-hydrogen) atoms. The van der Waals surface area contributed by atoms with E-state index in [9.17, 15) is 0 Å². The van der Waals surface area contributed by atoms with Gasteiger partial charge < -0.3 is 4.57 Å². The largest absolute Gasteiger partial charge is 0.322 e. The van der Waals surface area contributed by atoms with Gasteiger partial charge in [-0.15, -0.1) is 0 Å². The molecule has 0 N–H and O–H groups in total. The van der Waals surface area contributed by atoms with Crippen molar-refractivity contribution in [3.63, 3.8) is 0 Å². The highest BCUT2D eigenvalue weighted by molar-refractivity contribution is 5.95. The lowest BCUT2D eigenvalue weighted by Crippen LogP contribution is -1.94. The predicted molar refractivity (Wildman–Crippen MR) is 45.0 cm³/mol. The first-order chi connectivity index (χ1) is 5.45. The summed E-state index contributed by atoms with van der Waals surface area (Å²) in [7, 11) is 0. The van der Waals surface area contributed by atoms with Gasteiger partial charge in [0.25, 0.3) is 0 Å². The molecule has 0 amide bonds. The Morgan fingerprint density at radius 2 is 2.36 bits per heavy atom. The average Bonchev–Trinajstić information content (AvgIpc) is 2.23. The Balaban J connectivity index is 2.56. The highest BCUT2D eigenvalue weighted by Crippen LogP contribution is 2.26. The lowest BCUT2D eigenvalue weighted by atomic mass is 10.2. The molecule has 2 heteroatoms. The topological polar surface area (TPSA) is 17.8 Å². The van der Waals surface area contributed by atoms with Gasteiger partial charge >= 0.3 is 0 Å². The Labute approximate surface area is 63.8 Å². The van der Waals surface area contributed by atoms with Gasteiger partial charge in [-0.05, 0) is 12.1 Å². The van der Waals surface area contributed by atoms with Crippen molar-refractivity contribution in [2.45, 2.75) is 0 Å². The summed E-state index contributed by atoms with van der Waals surface area (Å²) in [4.78, 5) is 4.07. The predicted octanol–water partition coefficient (Wildman–Crippen LogP) is 1.98. The van der Waals surface area contributed by atoms with Crippen LogP contribution in [0.25, 0.3) is 23.0 Å². The molecule has 0 spiro atoms. The summed E-state index contributed by atoms with van der Waals surface area (Å²) in [6, 6.07) is 2.03. The van der Waals surface area contributed by atoms with Crippen molar-refractivity contribution in [1.29, 1.82) is 0 Å². The maximum atomic E-state index is 4.07. The zero-order valence-electron chi connectivity index (χ0n) is 5.86. The van der Waals surface area contributed by atoms with Crippen molar-refractivity contribution in [1.82, 2.24) is 9.55 Å². The second-order valence-electron chi connectivity index (χ2n) is 2.70. The Bertz CT molecular complexity index is 452. The maximum absolute atomic E-state index is 4.07. The molecule has 0 aromatic carbocycles. The summed E-state index contributed by atoms with van der Waals surface area (Å²) in [6.45, 7) is 0. The second-order valence-corrected chi connectivity index (χ2v) is 2.70. The van der Waals surface area contributed by atoms with Crippen LogP contribution in [0.1, 0.15) is 5.69 Å². The first-order valence-corrected chi connectivity index (χ1v) is 3.58. The standard InChI is InChI=1S/C9H6N2/c1-3-10-5-8-7(1)6-11-4-2-9(8)11/h1-6H. The van der Waals surface area contributed by atoms with Gasteiger partial charge in [0.15, 0.2) is 0 Å². The molecule has 0 fully saturated rings. The zero-order valence-corrected chi connectivity index (χ0v) is 5.86. The molecule has 0 aliphatic carbocycles. The van der Waals surface area contributed by atoms with E-state index < -0.39 is 0 Å². The number of aromatic nitrogens is 2. The van der Waals surface area contributed by atoms with Gasteiger partial charge in [0, 0.05) is 35.6 Å². The fourth-order valence-corrected chi connectivity index (χ4v) is 1.46. The molecule has 52 valence electrons. The van der Waals surface area contributed by atoms with Gasteiger partial charge in [-0.2, -0.15) is 0 Å². The van der Waals surface area contributed by atoms with E-state index in [0.29, 0.717) is 0 Å². The Morgan fingerprint density at radius 3 is 3.18 bits per heavy atom. The third-order valence-electron chi connectivity index (χ3n) is 2.08. The zero-order chi connectivity index (χ0) is 7.26.